The molecule has 0 bridgehead atoms. The Morgan fingerprint density at radius 3 is 1.68 bits per heavy atom. The number of carboxylic acid groups (broad SMARTS) is 2. The van der Waals surface area contributed by atoms with E-state index in [0.29, 0.717) is 17.9 Å². The Hall–Kier alpha value is -4.06. The van der Waals surface area contributed by atoms with Gasteiger partial charge in [0.2, 0.25) is 5.91 Å². The van der Waals surface area contributed by atoms with Gasteiger partial charge in [0.15, 0.2) is 36.4 Å². The highest BCUT2D eigenvalue weighted by Gasteiger charge is 2.48. The van der Waals surface area contributed by atoms with Crippen LogP contribution in [0.1, 0.15) is 37.6 Å². The summed E-state index contributed by atoms with van der Waals surface area (Å²) in [5.41, 5.74) is 0.571. The molecule has 26 heteroatoms. The van der Waals surface area contributed by atoms with Gasteiger partial charge in [0, 0.05) is 31.6 Å². The molecule has 25 nitrogen and oxygen atoms in total. The van der Waals surface area contributed by atoms with Gasteiger partial charge in [-0.25, -0.2) is 19.0 Å². The van der Waals surface area contributed by atoms with Gasteiger partial charge in [0.05, 0.1) is 35.9 Å². The number of amides is 1. The number of aliphatic hydroxyl groups excluding tert-OH is 6. The third kappa shape index (κ3) is 12.7. The number of hydrogen-bond acceptors (Lipinski definition) is 21. The highest BCUT2D eigenvalue weighted by Crippen LogP contribution is 2.24. The van der Waals surface area contributed by atoms with Crippen molar-refractivity contribution in [3.05, 3.63) is 23.8 Å². The number of thioether (sulfide) groups is 1. The molecule has 0 saturated carbocycles. The molecule has 2 aromatic heterocycles. The lowest BCUT2D eigenvalue weighted by atomic mass is 9.96. The molecule has 1 amide bonds. The van der Waals surface area contributed by atoms with E-state index >= 15 is 0 Å². The van der Waals surface area contributed by atoms with Crippen molar-refractivity contribution in [1.29, 1.82) is 0 Å². The number of rotatable bonds is 23. The van der Waals surface area contributed by atoms with Crippen LogP contribution in [-0.2, 0) is 69.2 Å². The molecule has 2 aliphatic rings. The van der Waals surface area contributed by atoms with Crippen molar-refractivity contribution in [1.82, 2.24) is 40.6 Å². The minimum absolute atomic E-state index is 0.0304. The van der Waals surface area contributed by atoms with Crippen LogP contribution in [0.2, 0.25) is 0 Å². The van der Waals surface area contributed by atoms with Crippen molar-refractivity contribution in [2.24, 2.45) is 5.92 Å². The number of aromatic nitrogens is 6. The summed E-state index contributed by atoms with van der Waals surface area (Å²) in [6.45, 7) is 0.672. The predicted octanol–water partition coefficient (Wildman–Crippen LogP) is -5.23. The summed E-state index contributed by atoms with van der Waals surface area (Å²) in [5, 5.41) is 99.9. The zero-order valence-electron chi connectivity index (χ0n) is 32.2. The molecule has 0 aromatic carbocycles. The molecule has 13 atom stereocenters. The fourth-order valence-corrected chi connectivity index (χ4v) is 6.56. The fraction of sp³-hybridized carbons (Fsp3) is 0.727. The zero-order chi connectivity index (χ0) is 43.6. The van der Waals surface area contributed by atoms with Crippen molar-refractivity contribution in [3.8, 4) is 0 Å². The third-order valence-corrected chi connectivity index (χ3v) is 10.2. The topological polar surface area (TPSA) is 370 Å². The second kappa shape index (κ2) is 22.0. The maximum atomic E-state index is 13.4. The van der Waals surface area contributed by atoms with Gasteiger partial charge < -0.3 is 70.4 Å². The number of nitrogens with zero attached hydrogens (tertiary/aromatic N) is 6. The summed E-state index contributed by atoms with van der Waals surface area (Å²) < 4.78 is 23.2. The number of carbonyl (C=O) groups excluding carboxylic acids is 3. The van der Waals surface area contributed by atoms with Crippen molar-refractivity contribution in [3.63, 3.8) is 0 Å². The van der Waals surface area contributed by atoms with Crippen LogP contribution in [0.15, 0.2) is 12.4 Å². The second-order valence-corrected chi connectivity index (χ2v) is 15.0. The first-order valence-corrected chi connectivity index (χ1v) is 19.7. The van der Waals surface area contributed by atoms with E-state index < -0.39 is 111 Å². The van der Waals surface area contributed by atoms with E-state index in [4.69, 9.17) is 18.9 Å². The quantitative estimate of drug-likeness (QED) is 0.0467. The molecule has 2 fully saturated rings. The normalized spacial score (nSPS) is 28.7. The summed E-state index contributed by atoms with van der Waals surface area (Å²) in [6, 6.07) is -1.87. The Balaban J connectivity index is 1.31. The maximum Gasteiger partial charge on any atom is 0.335 e. The lowest BCUT2D eigenvalue weighted by Crippen LogP contribution is -2.60. The third-order valence-electron chi connectivity index (χ3n) is 9.54. The number of carboxylic acids is 2. The molecule has 2 saturated heterocycles. The van der Waals surface area contributed by atoms with Gasteiger partial charge in [-0.1, -0.05) is 17.4 Å². The number of carbonyl (C=O) groups is 5. The number of likely N-dealkylation sites (N-methyl/N-ethyl adjacent to an activating group) is 1. The van der Waals surface area contributed by atoms with Crippen LogP contribution in [0, 0.1) is 5.92 Å². The Bertz CT molecular complexity index is 1730. The molecular formula is C33H50N8O17S. The van der Waals surface area contributed by atoms with Crippen LogP contribution in [0.25, 0.3) is 0 Å². The lowest BCUT2D eigenvalue weighted by molar-refractivity contribution is -0.302. The molecule has 330 valence electrons. The molecule has 4 rings (SSSR count). The number of ketones is 2. The first kappa shape index (κ1) is 47.6. The van der Waals surface area contributed by atoms with Crippen molar-refractivity contribution in [2.45, 2.75) is 126 Å². The predicted molar refractivity (Wildman–Crippen MR) is 194 cm³/mol. The first-order chi connectivity index (χ1) is 27.9. The SMILES string of the molecule is CN[C@@H](Cc1cn(COC2OC(C(=O)O)C(O)[C@H](O)[C@@H]2O)nn1)C(=O)C[C@@H](C)C(=O)N[C@@H](Cc1cn(COC2OC(C(=O)O)C(O)[C@H](O)[C@@H]2O)nn1)C(=O)CCCSC. The molecule has 0 radical (unpaired) electrons. The summed E-state index contributed by atoms with van der Waals surface area (Å²) in [4.78, 5) is 62.8. The molecule has 0 spiro atoms. The summed E-state index contributed by atoms with van der Waals surface area (Å²) in [6.07, 6.45) is -13.0. The molecule has 6 unspecified atom stereocenters. The lowest BCUT2D eigenvalue weighted by Gasteiger charge is -2.38. The van der Waals surface area contributed by atoms with Crippen LogP contribution in [-0.4, -0.2) is 193 Å². The van der Waals surface area contributed by atoms with Gasteiger partial charge in [0.1, 0.15) is 50.1 Å². The number of Topliss-reactive ketones (excluding diaryl/α,β-unsaturated/α-hetero) is 2. The summed E-state index contributed by atoms with van der Waals surface area (Å²) in [7, 11) is 1.54. The molecular weight excluding hydrogens is 812 g/mol. The van der Waals surface area contributed by atoms with Gasteiger partial charge >= 0.3 is 11.9 Å². The second-order valence-electron chi connectivity index (χ2n) is 14.0. The molecule has 10 N–H and O–H groups in total. The molecule has 2 aromatic rings. The number of aliphatic hydroxyl groups is 6. The van der Waals surface area contributed by atoms with E-state index in [-0.39, 0.29) is 42.9 Å². The van der Waals surface area contributed by atoms with Crippen LogP contribution in [0.3, 0.4) is 0 Å². The summed E-state index contributed by atoms with van der Waals surface area (Å²) in [5.74, 6) is -4.57. The van der Waals surface area contributed by atoms with Crippen molar-refractivity contribution in [2.75, 3.05) is 19.1 Å². The summed E-state index contributed by atoms with van der Waals surface area (Å²) >= 11 is 1.55. The number of hydrogen-bond donors (Lipinski definition) is 10. The first-order valence-electron chi connectivity index (χ1n) is 18.3. The van der Waals surface area contributed by atoms with Gasteiger partial charge in [-0.15, -0.1) is 10.2 Å². The largest absolute Gasteiger partial charge is 0.479 e. The highest BCUT2D eigenvalue weighted by molar-refractivity contribution is 7.98. The van der Waals surface area contributed by atoms with E-state index in [9.17, 15) is 64.8 Å². The Kier molecular flexibility index (Phi) is 17.7. The average molecular weight is 863 g/mol. The standard InChI is InChI=1S/C33H50N8O17S/c1-14(7-20(43)17(34-2)8-15-10-40(38-36-15)12-55-32-25(48)21(44)23(46)27(57-32)30(51)52)29(50)35-18(19(42)5-4-6-59-3)9-16-11-41(39-37-16)13-56-33-26(49)22(45)24(47)28(58-33)31(53)54/h10-11,14,17-18,21-28,32-34,44-49H,4-9,12-13H2,1-3H3,(H,35,50)(H,51,52)(H,53,54)/t14-,17+,18+,21+,22+,23?,24?,25+,26+,27?,28?,32?,33?/m1/s1. The zero-order valence-corrected chi connectivity index (χ0v) is 33.0. The van der Waals surface area contributed by atoms with E-state index in [1.807, 2.05) is 6.26 Å². The van der Waals surface area contributed by atoms with Crippen LogP contribution < -0.4 is 10.6 Å². The molecule has 59 heavy (non-hydrogen) atoms. The molecule has 2 aliphatic heterocycles. The van der Waals surface area contributed by atoms with Gasteiger partial charge in [-0.05, 0) is 25.5 Å². The smallest absolute Gasteiger partial charge is 0.335 e. The highest BCUT2D eigenvalue weighted by atomic mass is 32.2. The average Bonchev–Trinajstić information content (AvgIpc) is 3.85. The van der Waals surface area contributed by atoms with Crippen molar-refractivity contribution < 1.29 is 83.8 Å². The molecule has 4 heterocycles. The van der Waals surface area contributed by atoms with Gasteiger partial charge in [0.25, 0.3) is 0 Å². The maximum absolute atomic E-state index is 13.4. The Morgan fingerprint density at radius 1 is 0.763 bits per heavy atom. The number of ether oxygens (including phenoxy) is 4. The molecule has 0 aliphatic carbocycles. The van der Waals surface area contributed by atoms with Gasteiger partial charge in [-0.2, -0.15) is 11.8 Å². The number of nitrogens with one attached hydrogen (secondary N) is 2. The van der Waals surface area contributed by atoms with E-state index in [1.165, 1.54) is 26.4 Å². The van der Waals surface area contributed by atoms with E-state index in [2.05, 4.69) is 31.3 Å². The fourth-order valence-electron chi connectivity index (χ4n) is 6.13. The Labute approximate surface area is 339 Å². The van der Waals surface area contributed by atoms with E-state index in [1.54, 1.807) is 11.8 Å². The Morgan fingerprint density at radius 2 is 1.24 bits per heavy atom. The number of aliphatic carboxylic acids is 2. The minimum atomic E-state index is -1.90. The minimum Gasteiger partial charge on any atom is -0.479 e. The van der Waals surface area contributed by atoms with Crippen molar-refractivity contribution >= 4 is 41.2 Å². The van der Waals surface area contributed by atoms with Crippen LogP contribution in [0.5, 0.6) is 0 Å². The van der Waals surface area contributed by atoms with Gasteiger partial charge in [-0.3, -0.25) is 14.4 Å². The van der Waals surface area contributed by atoms with Crippen LogP contribution >= 0.6 is 11.8 Å². The van der Waals surface area contributed by atoms with E-state index in [0.717, 1.165) is 9.36 Å². The monoisotopic (exact) mass is 862 g/mol. The van der Waals surface area contributed by atoms with Crippen LogP contribution in [0.4, 0.5) is 0 Å².